The molecule has 3 N–H and O–H groups in total. The molecule has 0 spiro atoms. The van der Waals surface area contributed by atoms with Gasteiger partial charge < -0.3 is 5.73 Å². The maximum absolute atomic E-state index is 13.4. The van der Waals surface area contributed by atoms with Gasteiger partial charge in [-0.1, -0.05) is 30.3 Å². The monoisotopic (exact) mass is 336 g/mol. The Morgan fingerprint density at radius 1 is 1.25 bits per heavy atom. The van der Waals surface area contributed by atoms with E-state index in [2.05, 4.69) is 4.98 Å². The topological polar surface area (TPSA) is 93.2 Å². The first kappa shape index (κ1) is 15.8. The summed E-state index contributed by atoms with van der Waals surface area (Å²) in [5.74, 6) is -1.05. The van der Waals surface area contributed by atoms with E-state index in [1.807, 2.05) is 5.10 Å². The number of H-pyrrole nitrogens is 1. The highest BCUT2D eigenvalue weighted by molar-refractivity contribution is 5.94. The van der Waals surface area contributed by atoms with Crippen LogP contribution in [0.2, 0.25) is 0 Å². The number of aryl methyl sites for hydroxylation is 1. The third-order valence-electron chi connectivity index (χ3n) is 3.55. The number of carbonyl (C=O) groups is 1. The lowest BCUT2D eigenvalue weighted by molar-refractivity contribution is -0.140. The number of aromatic amines is 1. The number of hydrogen-bond donors (Lipinski definition) is 2. The first-order valence-corrected chi connectivity index (χ1v) is 6.79. The number of fused-ring (bicyclic) bond motifs is 1. The molecule has 3 rings (SSSR count). The fourth-order valence-corrected chi connectivity index (χ4v) is 2.55. The normalized spacial score (nSPS) is 11.8. The molecule has 0 bridgehead atoms. The lowest BCUT2D eigenvalue weighted by Crippen LogP contribution is -2.29. The molecule has 0 saturated heterocycles. The number of halogens is 3. The number of alkyl halides is 3. The van der Waals surface area contributed by atoms with Crippen molar-refractivity contribution in [3.05, 3.63) is 57.6 Å². The fraction of sp³-hybridized carbons (Fsp3) is 0.133. The Kier molecular flexibility index (Phi) is 3.43. The average molecular weight is 336 g/mol. The van der Waals surface area contributed by atoms with Crippen LogP contribution in [0.25, 0.3) is 16.8 Å². The van der Waals surface area contributed by atoms with Gasteiger partial charge in [0.1, 0.15) is 11.3 Å². The summed E-state index contributed by atoms with van der Waals surface area (Å²) in [4.78, 5) is 27.7. The van der Waals surface area contributed by atoms with Gasteiger partial charge in [0, 0.05) is 0 Å². The molecular weight excluding hydrogens is 325 g/mol. The highest BCUT2D eigenvalue weighted by atomic mass is 19.4. The molecule has 0 aliphatic carbocycles. The summed E-state index contributed by atoms with van der Waals surface area (Å²) in [7, 11) is 0. The van der Waals surface area contributed by atoms with Crippen molar-refractivity contribution < 1.29 is 18.0 Å². The Morgan fingerprint density at radius 2 is 1.88 bits per heavy atom. The van der Waals surface area contributed by atoms with Gasteiger partial charge >= 0.3 is 6.18 Å². The Hall–Kier alpha value is -3.10. The predicted octanol–water partition coefficient (Wildman–Crippen LogP) is 2.12. The number of nitrogens with zero attached hydrogens (tertiary/aromatic N) is 2. The molecule has 6 nitrogen and oxygen atoms in total. The van der Waals surface area contributed by atoms with Crippen LogP contribution in [0.5, 0.6) is 0 Å². The molecule has 0 radical (unpaired) electrons. The SMILES string of the molecule is Cc1nc2c(-c3ccccc3)c(C(F)(F)F)[nH]n2c(=O)c1C(N)=O. The molecule has 0 unspecified atom stereocenters. The van der Waals surface area contributed by atoms with Crippen molar-refractivity contribution in [3.8, 4) is 11.1 Å². The lowest BCUT2D eigenvalue weighted by Gasteiger charge is -2.07. The number of nitrogens with two attached hydrogens (primary N) is 1. The molecule has 2 heterocycles. The fourth-order valence-electron chi connectivity index (χ4n) is 2.55. The van der Waals surface area contributed by atoms with Crippen molar-refractivity contribution in [2.45, 2.75) is 13.1 Å². The molecule has 2 aromatic heterocycles. The van der Waals surface area contributed by atoms with Gasteiger partial charge in [-0.2, -0.15) is 17.7 Å². The van der Waals surface area contributed by atoms with Crippen molar-refractivity contribution >= 4 is 11.6 Å². The second-order valence-corrected chi connectivity index (χ2v) is 5.13. The van der Waals surface area contributed by atoms with Crippen molar-refractivity contribution in [1.82, 2.24) is 14.6 Å². The van der Waals surface area contributed by atoms with Gasteiger partial charge in [0.15, 0.2) is 5.65 Å². The minimum atomic E-state index is -4.74. The van der Waals surface area contributed by atoms with Crippen LogP contribution in [-0.2, 0) is 6.18 Å². The standard InChI is InChI=1S/C15H11F3N4O2/c1-7-9(12(19)23)14(24)22-13(20-7)10(8-5-3-2-4-6-8)11(21-22)15(16,17)18/h2-6,21H,1H3,(H2,19,23). The average Bonchev–Trinajstić information content (AvgIpc) is 2.87. The summed E-state index contributed by atoms with van der Waals surface area (Å²) in [5.41, 5.74) is 2.29. The summed E-state index contributed by atoms with van der Waals surface area (Å²) in [5, 5.41) is 2.00. The number of nitrogens with one attached hydrogen (secondary N) is 1. The van der Waals surface area contributed by atoms with E-state index >= 15 is 0 Å². The first-order valence-electron chi connectivity index (χ1n) is 6.79. The Balaban J connectivity index is 2.50. The summed E-state index contributed by atoms with van der Waals surface area (Å²) in [6, 6.07) is 7.74. The van der Waals surface area contributed by atoms with Crippen LogP contribution in [-0.4, -0.2) is 20.5 Å². The van der Waals surface area contributed by atoms with E-state index in [-0.39, 0.29) is 22.5 Å². The van der Waals surface area contributed by atoms with Gasteiger partial charge in [0.05, 0.1) is 11.3 Å². The number of aromatic nitrogens is 3. The first-order chi connectivity index (χ1) is 11.2. The predicted molar refractivity (Wildman–Crippen MR) is 79.5 cm³/mol. The second-order valence-electron chi connectivity index (χ2n) is 5.13. The molecular formula is C15H11F3N4O2. The van der Waals surface area contributed by atoms with E-state index in [0.29, 0.717) is 4.52 Å². The zero-order chi connectivity index (χ0) is 17.6. The van der Waals surface area contributed by atoms with Gasteiger partial charge in [-0.15, -0.1) is 0 Å². The van der Waals surface area contributed by atoms with Gasteiger partial charge in [0.2, 0.25) is 0 Å². The quantitative estimate of drug-likeness (QED) is 0.750. The minimum Gasteiger partial charge on any atom is -0.365 e. The number of primary amides is 1. The Morgan fingerprint density at radius 3 is 2.42 bits per heavy atom. The Labute approximate surface area is 132 Å². The zero-order valence-corrected chi connectivity index (χ0v) is 12.3. The van der Waals surface area contributed by atoms with E-state index in [0.717, 1.165) is 0 Å². The van der Waals surface area contributed by atoms with Crippen LogP contribution in [0.1, 0.15) is 21.7 Å². The molecule has 0 aliphatic heterocycles. The van der Waals surface area contributed by atoms with E-state index in [1.54, 1.807) is 18.2 Å². The van der Waals surface area contributed by atoms with Crippen LogP contribution in [0.4, 0.5) is 13.2 Å². The third-order valence-corrected chi connectivity index (χ3v) is 3.55. The molecule has 24 heavy (non-hydrogen) atoms. The van der Waals surface area contributed by atoms with Crippen molar-refractivity contribution in [2.24, 2.45) is 5.73 Å². The van der Waals surface area contributed by atoms with Crippen LogP contribution in [0, 0.1) is 6.92 Å². The maximum Gasteiger partial charge on any atom is 0.433 e. The largest absolute Gasteiger partial charge is 0.433 e. The summed E-state index contributed by atoms with van der Waals surface area (Å²) in [6.45, 7) is 1.34. The van der Waals surface area contributed by atoms with Crippen LogP contribution in [0.15, 0.2) is 35.1 Å². The minimum absolute atomic E-state index is 0.0302. The Bertz CT molecular complexity index is 1000. The van der Waals surface area contributed by atoms with Crippen molar-refractivity contribution in [3.63, 3.8) is 0 Å². The molecule has 1 amide bonds. The van der Waals surface area contributed by atoms with Gasteiger partial charge in [-0.05, 0) is 12.5 Å². The highest BCUT2D eigenvalue weighted by Gasteiger charge is 2.38. The molecule has 9 heteroatoms. The smallest absolute Gasteiger partial charge is 0.365 e. The maximum atomic E-state index is 13.4. The van der Waals surface area contributed by atoms with Gasteiger partial charge in [-0.3, -0.25) is 14.7 Å². The van der Waals surface area contributed by atoms with E-state index in [4.69, 9.17) is 5.73 Å². The molecule has 0 fully saturated rings. The van der Waals surface area contributed by atoms with Crippen molar-refractivity contribution in [2.75, 3.05) is 0 Å². The van der Waals surface area contributed by atoms with E-state index in [9.17, 15) is 22.8 Å². The van der Waals surface area contributed by atoms with E-state index in [1.165, 1.54) is 19.1 Å². The van der Waals surface area contributed by atoms with Crippen molar-refractivity contribution in [1.29, 1.82) is 0 Å². The van der Waals surface area contributed by atoms with Gasteiger partial charge in [-0.25, -0.2) is 4.98 Å². The number of rotatable bonds is 2. The summed E-state index contributed by atoms with van der Waals surface area (Å²) >= 11 is 0. The lowest BCUT2D eigenvalue weighted by atomic mass is 10.1. The summed E-state index contributed by atoms with van der Waals surface area (Å²) in [6.07, 6.45) is -4.74. The number of carbonyl (C=O) groups excluding carboxylic acids is 1. The molecule has 3 aromatic rings. The number of hydrogen-bond acceptors (Lipinski definition) is 3. The molecule has 0 saturated carbocycles. The molecule has 124 valence electrons. The number of benzene rings is 1. The van der Waals surface area contributed by atoms with Gasteiger partial charge in [0.25, 0.3) is 11.5 Å². The molecule has 0 atom stereocenters. The van der Waals surface area contributed by atoms with Crippen LogP contribution in [0.3, 0.4) is 0 Å². The zero-order valence-electron chi connectivity index (χ0n) is 12.3. The van der Waals surface area contributed by atoms with Crippen LogP contribution < -0.4 is 11.3 Å². The summed E-state index contributed by atoms with van der Waals surface area (Å²) < 4.78 is 40.8. The third kappa shape index (κ3) is 2.34. The van der Waals surface area contributed by atoms with Crippen LogP contribution >= 0.6 is 0 Å². The highest BCUT2D eigenvalue weighted by Crippen LogP contribution is 2.37. The molecule has 0 aliphatic rings. The number of amides is 1. The van der Waals surface area contributed by atoms with E-state index < -0.39 is 28.9 Å². The molecule has 1 aromatic carbocycles. The second kappa shape index (κ2) is 5.22.